The number of ether oxygens (including phenoxy) is 1. The summed E-state index contributed by atoms with van der Waals surface area (Å²) in [6.45, 7) is 3.07. The number of aromatic nitrogens is 2. The van der Waals surface area contributed by atoms with Gasteiger partial charge in [0.2, 0.25) is 0 Å². The molecule has 202 valence electrons. The number of rotatable bonds is 4. The van der Waals surface area contributed by atoms with E-state index in [9.17, 15) is 27.2 Å². The molecule has 2 aromatic carbocycles. The number of aromatic carboxylic acids is 1. The Morgan fingerprint density at radius 1 is 0.718 bits per heavy atom. The lowest BCUT2D eigenvalue weighted by Crippen LogP contribution is -2.08. The summed E-state index contributed by atoms with van der Waals surface area (Å²) in [7, 11) is 1.21. The summed E-state index contributed by atoms with van der Waals surface area (Å²) >= 11 is 11.0. The number of methoxy groups -OCH3 is 1. The monoisotopic (exact) mass is 580 g/mol. The van der Waals surface area contributed by atoms with Gasteiger partial charge in [0, 0.05) is 34.6 Å². The zero-order valence-electron chi connectivity index (χ0n) is 20.5. The highest BCUT2D eigenvalue weighted by Gasteiger charge is 2.21. The van der Waals surface area contributed by atoms with E-state index in [-0.39, 0.29) is 49.1 Å². The normalized spacial score (nSPS) is 10.5. The number of halogens is 6. The van der Waals surface area contributed by atoms with Crippen molar-refractivity contribution in [1.82, 2.24) is 9.97 Å². The lowest BCUT2D eigenvalue weighted by molar-refractivity contribution is 0.0599. The maximum atomic E-state index is 14.0. The van der Waals surface area contributed by atoms with E-state index in [0.717, 1.165) is 24.3 Å². The molecule has 0 amide bonds. The Labute approximate surface area is 229 Å². The second-order valence-electron chi connectivity index (χ2n) is 7.93. The van der Waals surface area contributed by atoms with Gasteiger partial charge in [-0.25, -0.2) is 27.2 Å². The Morgan fingerprint density at radius 3 is 1.54 bits per heavy atom. The van der Waals surface area contributed by atoms with E-state index in [1.165, 1.54) is 38.6 Å². The van der Waals surface area contributed by atoms with E-state index in [0.29, 0.717) is 5.69 Å². The molecule has 0 saturated carbocycles. The highest BCUT2D eigenvalue weighted by Crippen LogP contribution is 2.32. The van der Waals surface area contributed by atoms with E-state index in [1.54, 1.807) is 6.92 Å². The van der Waals surface area contributed by atoms with Gasteiger partial charge in [-0.05, 0) is 50.2 Å². The molecule has 12 heteroatoms. The van der Waals surface area contributed by atoms with Crippen LogP contribution in [0.5, 0.6) is 0 Å². The van der Waals surface area contributed by atoms with Gasteiger partial charge < -0.3 is 9.84 Å². The fourth-order valence-electron chi connectivity index (χ4n) is 3.67. The molecule has 0 radical (unpaired) electrons. The van der Waals surface area contributed by atoms with Crippen LogP contribution >= 0.6 is 23.2 Å². The standard InChI is InChI=1S/C14H10ClF2NO2.C13H8ClF2NO2/c1-7-13(14(19)20-2)8(3-4-18-7)9-5-12(17)10(15)6-11(9)16;1-6-12(13(18)19)7(2-3-17-6)8-4-11(16)9(14)5-10(8)15/h3-6H,1-2H3;2-5H,1H3,(H,18,19). The highest BCUT2D eigenvalue weighted by molar-refractivity contribution is 6.31. The summed E-state index contributed by atoms with van der Waals surface area (Å²) in [5.41, 5.74) is 0.552. The zero-order valence-corrected chi connectivity index (χ0v) is 22.0. The number of hydrogen-bond donors (Lipinski definition) is 1. The minimum absolute atomic E-state index is 0.0630. The number of carboxylic acids is 1. The summed E-state index contributed by atoms with van der Waals surface area (Å²) in [6.07, 6.45) is 2.74. The van der Waals surface area contributed by atoms with Crippen LogP contribution in [0.4, 0.5) is 17.6 Å². The highest BCUT2D eigenvalue weighted by atomic mass is 35.5. The molecular formula is C27H18Cl2F4N2O4. The third kappa shape index (κ3) is 6.35. The van der Waals surface area contributed by atoms with Gasteiger partial charge in [0.05, 0.1) is 39.7 Å². The first-order chi connectivity index (χ1) is 18.4. The molecule has 4 aromatic rings. The number of hydrogen-bond acceptors (Lipinski definition) is 5. The van der Waals surface area contributed by atoms with E-state index in [4.69, 9.17) is 28.3 Å². The van der Waals surface area contributed by atoms with Crippen LogP contribution in [-0.2, 0) is 4.74 Å². The van der Waals surface area contributed by atoms with Crippen LogP contribution in [0.15, 0.2) is 48.8 Å². The SMILES string of the molecule is COC(=O)c1c(-c2cc(F)c(Cl)cc2F)ccnc1C.Cc1nccc(-c2cc(F)c(Cl)cc2F)c1C(=O)O. The molecular weight excluding hydrogens is 563 g/mol. The fraction of sp³-hybridized carbons (Fsp3) is 0.111. The fourth-order valence-corrected chi connectivity index (χ4v) is 3.97. The molecule has 0 aliphatic carbocycles. The molecule has 0 saturated heterocycles. The number of aryl methyl sites for hydroxylation is 2. The van der Waals surface area contributed by atoms with Gasteiger partial charge in [0.25, 0.3) is 0 Å². The Bertz CT molecular complexity index is 1600. The Balaban J connectivity index is 0.000000216. The zero-order chi connectivity index (χ0) is 29.0. The number of carbonyl (C=O) groups excluding carboxylic acids is 1. The first-order valence-corrected chi connectivity index (χ1v) is 11.7. The largest absolute Gasteiger partial charge is 0.478 e. The Kier molecular flexibility index (Phi) is 9.26. The number of carboxylic acid groups (broad SMARTS) is 1. The van der Waals surface area contributed by atoms with E-state index in [2.05, 4.69) is 14.7 Å². The summed E-state index contributed by atoms with van der Waals surface area (Å²) < 4.78 is 59.4. The number of pyridine rings is 2. The maximum Gasteiger partial charge on any atom is 0.340 e. The minimum Gasteiger partial charge on any atom is -0.478 e. The lowest BCUT2D eigenvalue weighted by atomic mass is 9.99. The Hall–Kier alpha value is -4.02. The van der Waals surface area contributed by atoms with Crippen molar-refractivity contribution in [1.29, 1.82) is 0 Å². The molecule has 0 bridgehead atoms. The second kappa shape index (κ2) is 12.2. The van der Waals surface area contributed by atoms with Crippen molar-refractivity contribution in [3.63, 3.8) is 0 Å². The maximum absolute atomic E-state index is 14.0. The number of nitrogens with zero attached hydrogens (tertiary/aromatic N) is 2. The molecule has 2 aromatic heterocycles. The van der Waals surface area contributed by atoms with Crippen LogP contribution in [-0.4, -0.2) is 34.1 Å². The molecule has 2 heterocycles. The topological polar surface area (TPSA) is 89.4 Å². The molecule has 0 aliphatic heterocycles. The van der Waals surface area contributed by atoms with Gasteiger partial charge >= 0.3 is 11.9 Å². The molecule has 0 unspecified atom stereocenters. The van der Waals surface area contributed by atoms with Crippen molar-refractivity contribution < 1.29 is 37.0 Å². The quantitative estimate of drug-likeness (QED) is 0.153. The van der Waals surface area contributed by atoms with Crippen LogP contribution in [0.3, 0.4) is 0 Å². The average molecular weight is 581 g/mol. The predicted octanol–water partition coefficient (Wildman–Crippen LogP) is 7.46. The van der Waals surface area contributed by atoms with E-state index in [1.807, 2.05) is 0 Å². The number of benzene rings is 2. The second-order valence-corrected chi connectivity index (χ2v) is 8.74. The molecule has 1 N–H and O–H groups in total. The number of esters is 1. The molecule has 0 fully saturated rings. The van der Waals surface area contributed by atoms with Gasteiger partial charge in [-0.2, -0.15) is 0 Å². The van der Waals surface area contributed by atoms with Crippen LogP contribution < -0.4 is 0 Å². The first-order valence-electron chi connectivity index (χ1n) is 10.9. The first kappa shape index (κ1) is 29.5. The lowest BCUT2D eigenvalue weighted by Gasteiger charge is -2.11. The van der Waals surface area contributed by atoms with Crippen molar-refractivity contribution in [3.05, 3.63) is 105 Å². The molecule has 39 heavy (non-hydrogen) atoms. The smallest absolute Gasteiger partial charge is 0.340 e. The third-order valence-electron chi connectivity index (χ3n) is 5.48. The third-order valence-corrected chi connectivity index (χ3v) is 6.06. The van der Waals surface area contributed by atoms with Crippen molar-refractivity contribution in [2.75, 3.05) is 7.11 Å². The minimum atomic E-state index is -1.25. The van der Waals surface area contributed by atoms with Gasteiger partial charge in [-0.3, -0.25) is 9.97 Å². The van der Waals surface area contributed by atoms with Gasteiger partial charge in [-0.1, -0.05) is 23.2 Å². The molecule has 4 rings (SSSR count). The van der Waals surface area contributed by atoms with E-state index >= 15 is 0 Å². The number of carbonyl (C=O) groups is 2. The summed E-state index contributed by atoms with van der Waals surface area (Å²) in [5.74, 6) is -5.03. The van der Waals surface area contributed by atoms with Crippen LogP contribution in [0.1, 0.15) is 32.1 Å². The van der Waals surface area contributed by atoms with Crippen LogP contribution in [0, 0.1) is 37.1 Å². The van der Waals surface area contributed by atoms with Crippen LogP contribution in [0.2, 0.25) is 10.0 Å². The van der Waals surface area contributed by atoms with Crippen molar-refractivity contribution in [2.45, 2.75) is 13.8 Å². The molecule has 6 nitrogen and oxygen atoms in total. The predicted molar refractivity (Wildman–Crippen MR) is 137 cm³/mol. The summed E-state index contributed by atoms with van der Waals surface area (Å²) in [6, 6.07) is 6.24. The average Bonchev–Trinajstić information content (AvgIpc) is 2.88. The van der Waals surface area contributed by atoms with Gasteiger partial charge in [0.1, 0.15) is 23.3 Å². The molecule has 0 spiro atoms. The van der Waals surface area contributed by atoms with E-state index < -0.39 is 35.2 Å². The van der Waals surface area contributed by atoms with Crippen LogP contribution in [0.25, 0.3) is 22.3 Å². The Morgan fingerprint density at radius 2 is 1.13 bits per heavy atom. The molecule has 0 aliphatic rings. The summed E-state index contributed by atoms with van der Waals surface area (Å²) in [5, 5.41) is 8.46. The molecule has 0 atom stereocenters. The van der Waals surface area contributed by atoms with Gasteiger partial charge in [0.15, 0.2) is 0 Å². The van der Waals surface area contributed by atoms with Crippen molar-refractivity contribution in [2.24, 2.45) is 0 Å². The van der Waals surface area contributed by atoms with Crippen molar-refractivity contribution >= 4 is 35.1 Å². The van der Waals surface area contributed by atoms with Crippen molar-refractivity contribution in [3.8, 4) is 22.3 Å². The summed E-state index contributed by atoms with van der Waals surface area (Å²) in [4.78, 5) is 30.8. The van der Waals surface area contributed by atoms with Gasteiger partial charge in [-0.15, -0.1) is 0 Å².